The van der Waals surface area contributed by atoms with Gasteiger partial charge in [-0.15, -0.1) is 0 Å². The van der Waals surface area contributed by atoms with Gasteiger partial charge < -0.3 is 4.42 Å². The van der Waals surface area contributed by atoms with Gasteiger partial charge in [0, 0.05) is 10.8 Å². The maximum absolute atomic E-state index is 9.27. The lowest BCUT2D eigenvalue weighted by atomic mass is 9.86. The first-order valence-corrected chi connectivity index (χ1v) is 15.8. The summed E-state index contributed by atoms with van der Waals surface area (Å²) in [5.74, 6) is 0. The highest BCUT2D eigenvalue weighted by Gasteiger charge is 2.18. The van der Waals surface area contributed by atoms with Gasteiger partial charge in [-0.3, -0.25) is 0 Å². The normalized spacial score (nSPS) is 15.4. The van der Waals surface area contributed by atoms with Crippen LogP contribution in [0, 0.1) is 0 Å². The molecule has 10 rings (SSSR count). The van der Waals surface area contributed by atoms with Crippen LogP contribution >= 0.6 is 0 Å². The summed E-state index contributed by atoms with van der Waals surface area (Å²) in [6.45, 7) is 0. The predicted molar refractivity (Wildman–Crippen MR) is 208 cm³/mol. The van der Waals surface area contributed by atoms with Gasteiger partial charge in [-0.25, -0.2) is 0 Å². The van der Waals surface area contributed by atoms with Crippen LogP contribution in [0.2, 0.25) is 0 Å². The minimum Gasteiger partial charge on any atom is -0.456 e. The maximum Gasteiger partial charge on any atom is 0.136 e. The molecule has 49 heavy (non-hydrogen) atoms. The fourth-order valence-electron chi connectivity index (χ4n) is 6.90. The van der Waals surface area contributed by atoms with Crippen LogP contribution < -0.4 is 0 Å². The predicted octanol–water partition coefficient (Wildman–Crippen LogP) is 13.7. The van der Waals surface area contributed by atoms with Crippen LogP contribution in [0.15, 0.2) is 186 Å². The van der Waals surface area contributed by atoms with Gasteiger partial charge in [-0.05, 0) is 113 Å². The fourth-order valence-corrected chi connectivity index (χ4v) is 6.90. The first kappa shape index (κ1) is 17.6. The van der Waals surface area contributed by atoms with E-state index in [9.17, 15) is 5.48 Å². The lowest BCUT2D eigenvalue weighted by Crippen LogP contribution is -1.90. The van der Waals surface area contributed by atoms with Gasteiger partial charge in [0.15, 0.2) is 0 Å². The molecule has 1 nitrogen and oxygen atoms in total. The Hall–Kier alpha value is -6.44. The Morgan fingerprint density at radius 3 is 1.61 bits per heavy atom. The van der Waals surface area contributed by atoms with Crippen LogP contribution in [0.5, 0.6) is 0 Å². The molecule has 0 aliphatic rings. The Morgan fingerprint density at radius 1 is 0.327 bits per heavy atom. The van der Waals surface area contributed by atoms with E-state index in [0.29, 0.717) is 22.1 Å². The van der Waals surface area contributed by atoms with Gasteiger partial charge in [0.2, 0.25) is 0 Å². The first-order valence-electron chi connectivity index (χ1n) is 22.3. The molecule has 0 aliphatic heterocycles. The van der Waals surface area contributed by atoms with Gasteiger partial charge in [-0.2, -0.15) is 0 Å². The van der Waals surface area contributed by atoms with Gasteiger partial charge in [0.25, 0.3) is 0 Å². The average molecular weight is 636 g/mol. The van der Waals surface area contributed by atoms with Crippen molar-refractivity contribution in [2.24, 2.45) is 0 Å². The van der Waals surface area contributed by atoms with Crippen molar-refractivity contribution in [2.75, 3.05) is 0 Å². The van der Waals surface area contributed by atoms with Crippen molar-refractivity contribution in [1.29, 1.82) is 0 Å². The number of fused-ring (bicyclic) bond motifs is 6. The Kier molecular flexibility index (Phi) is 3.99. The maximum atomic E-state index is 9.27. The minimum absolute atomic E-state index is 0.0588. The molecule has 228 valence electrons. The van der Waals surface area contributed by atoms with E-state index in [1.165, 1.54) is 0 Å². The summed E-state index contributed by atoms with van der Waals surface area (Å²) in [5.41, 5.74) is 4.71. The Bertz CT molecular complexity index is 3520. The molecule has 0 unspecified atom stereocenters. The van der Waals surface area contributed by atoms with Crippen molar-refractivity contribution in [1.82, 2.24) is 0 Å². The summed E-state index contributed by atoms with van der Waals surface area (Å²) < 4.78 is 121. The molecule has 0 radical (unpaired) electrons. The quantitative estimate of drug-likeness (QED) is 0.175. The second-order valence-corrected chi connectivity index (χ2v) is 11.9. The second kappa shape index (κ2) is 11.1. The number of hydrogen-bond donors (Lipinski definition) is 0. The van der Waals surface area contributed by atoms with Crippen LogP contribution in [0.4, 0.5) is 0 Å². The fraction of sp³-hybridized carbons (Fsp3) is 0. The number of hydrogen-bond acceptors (Lipinski definition) is 1. The zero-order chi connectivity index (χ0) is 43.6. The molecule has 1 heterocycles. The van der Waals surface area contributed by atoms with E-state index in [1.54, 1.807) is 18.2 Å². The third-order valence-electron chi connectivity index (χ3n) is 9.16. The SMILES string of the molecule is [2H]c1c([2H])c([2H])c(-c2c3c([2H])c([2H])c([2H])c([2H])c3c(-c3ccc4oc5cc(-c6cccc(-c7ccc8ccccc8c7)c6)ccc5c4c3)c3c([2H])c([2H])c([2H])c([2H])c23)c([2H])c1[2H]. The van der Waals surface area contributed by atoms with Gasteiger partial charge in [0.05, 0.1) is 17.8 Å². The lowest BCUT2D eigenvalue weighted by Gasteiger charge is -2.17. The molecular weight excluding hydrogens is 593 g/mol. The molecule has 10 aromatic rings. The molecule has 1 aromatic heterocycles. The highest BCUT2D eigenvalue weighted by Crippen LogP contribution is 2.45. The summed E-state index contributed by atoms with van der Waals surface area (Å²) in [4.78, 5) is 0. The molecule has 1 heteroatoms. The third kappa shape index (κ3) is 4.55. The minimum atomic E-state index is -0.717. The molecule has 0 spiro atoms. The zero-order valence-electron chi connectivity index (χ0n) is 38.7. The van der Waals surface area contributed by atoms with Crippen LogP contribution in [0.25, 0.3) is 98.8 Å². The smallest absolute Gasteiger partial charge is 0.136 e. The molecule has 0 aliphatic carbocycles. The zero-order valence-corrected chi connectivity index (χ0v) is 25.7. The van der Waals surface area contributed by atoms with Crippen molar-refractivity contribution < 1.29 is 22.2 Å². The van der Waals surface area contributed by atoms with E-state index >= 15 is 0 Å². The van der Waals surface area contributed by atoms with Crippen LogP contribution in [-0.2, 0) is 0 Å². The summed E-state index contributed by atoms with van der Waals surface area (Å²) in [7, 11) is 0. The summed E-state index contributed by atoms with van der Waals surface area (Å²) in [6, 6.07) is 25.4. The van der Waals surface area contributed by atoms with Gasteiger partial charge in [0.1, 0.15) is 11.2 Å². The van der Waals surface area contributed by atoms with Crippen LogP contribution in [0.1, 0.15) is 17.8 Å². The molecule has 0 bridgehead atoms. The van der Waals surface area contributed by atoms with Crippen molar-refractivity contribution in [3.63, 3.8) is 0 Å². The number of benzene rings is 9. The molecular formula is C48H30O. The van der Waals surface area contributed by atoms with Crippen LogP contribution in [0.3, 0.4) is 0 Å². The van der Waals surface area contributed by atoms with Crippen molar-refractivity contribution in [2.45, 2.75) is 0 Å². The highest BCUT2D eigenvalue weighted by atomic mass is 16.3. The van der Waals surface area contributed by atoms with E-state index < -0.39 is 84.1 Å². The highest BCUT2D eigenvalue weighted by molar-refractivity contribution is 6.22. The Balaban J connectivity index is 1.24. The summed E-state index contributed by atoms with van der Waals surface area (Å²) in [5, 5.41) is 2.87. The van der Waals surface area contributed by atoms with Crippen LogP contribution in [-0.4, -0.2) is 0 Å². The average Bonchev–Trinajstić information content (AvgIpc) is 3.66. The molecule has 0 fully saturated rings. The van der Waals surface area contributed by atoms with E-state index in [2.05, 4.69) is 42.5 Å². The Labute approximate surface area is 302 Å². The third-order valence-corrected chi connectivity index (χ3v) is 9.16. The molecule has 0 amide bonds. The standard InChI is InChI=1S/C48H30O/c1-2-12-32(13-3-1)47-40-17-6-8-19-42(40)48(43-20-9-7-18-41(43)47)38-24-26-45-44(29-38)39-25-23-37(30-46(39)49-45)35-16-10-15-34(28-35)36-22-21-31-11-4-5-14-33(31)27-36/h1-30H/i1D,2D,3D,6D,7D,8D,9D,12D,13D,17D,18D,19D,20D. The molecule has 0 saturated heterocycles. The first-order chi connectivity index (χ1) is 29.7. The number of rotatable bonds is 4. The summed E-state index contributed by atoms with van der Waals surface area (Å²) >= 11 is 0. The molecule has 0 atom stereocenters. The number of furan rings is 1. The topological polar surface area (TPSA) is 13.1 Å². The largest absolute Gasteiger partial charge is 0.456 e. The van der Waals surface area contributed by atoms with E-state index in [0.717, 1.165) is 38.4 Å². The van der Waals surface area contributed by atoms with Crippen molar-refractivity contribution >= 4 is 54.3 Å². The van der Waals surface area contributed by atoms with Gasteiger partial charge in [-0.1, -0.05) is 145 Å². The van der Waals surface area contributed by atoms with Crippen molar-refractivity contribution in [3.05, 3.63) is 182 Å². The second-order valence-electron chi connectivity index (χ2n) is 11.9. The van der Waals surface area contributed by atoms with Gasteiger partial charge >= 0.3 is 0 Å². The monoisotopic (exact) mass is 635 g/mol. The van der Waals surface area contributed by atoms with E-state index in [-0.39, 0.29) is 32.7 Å². The molecule has 9 aromatic carbocycles. The van der Waals surface area contributed by atoms with E-state index in [4.69, 9.17) is 16.8 Å². The van der Waals surface area contributed by atoms with E-state index in [1.807, 2.05) is 42.5 Å². The Morgan fingerprint density at radius 2 is 0.898 bits per heavy atom. The van der Waals surface area contributed by atoms with Crippen molar-refractivity contribution in [3.8, 4) is 44.5 Å². The molecule has 0 saturated carbocycles. The summed E-state index contributed by atoms with van der Waals surface area (Å²) in [6.07, 6.45) is 0. The lowest BCUT2D eigenvalue weighted by molar-refractivity contribution is 0.669. The molecule has 0 N–H and O–H groups in total.